The highest BCUT2D eigenvalue weighted by molar-refractivity contribution is 9.11. The van der Waals surface area contributed by atoms with E-state index in [1.54, 1.807) is 0 Å². The summed E-state index contributed by atoms with van der Waals surface area (Å²) in [6, 6.07) is 3.72. The van der Waals surface area contributed by atoms with Crippen LogP contribution in [0.5, 0.6) is 5.75 Å². The maximum atomic E-state index is 11.8. The highest BCUT2D eigenvalue weighted by Crippen LogP contribution is 2.32. The van der Waals surface area contributed by atoms with Crippen LogP contribution in [0, 0.1) is 12.8 Å². The quantitative estimate of drug-likeness (QED) is 0.446. The Morgan fingerprint density at radius 3 is 2.46 bits per heavy atom. The number of halogens is 2. The Kier molecular flexibility index (Phi) is 8.65. The van der Waals surface area contributed by atoms with Gasteiger partial charge in [-0.3, -0.25) is 20.4 Å². The van der Waals surface area contributed by atoms with E-state index in [9.17, 15) is 9.59 Å². The van der Waals surface area contributed by atoms with Crippen molar-refractivity contribution in [3.05, 3.63) is 26.6 Å². The fourth-order valence-corrected chi connectivity index (χ4v) is 3.47. The summed E-state index contributed by atoms with van der Waals surface area (Å²) in [6.07, 6.45) is 0.357. The Balaban J connectivity index is 2.40. The van der Waals surface area contributed by atoms with Crippen molar-refractivity contribution in [2.24, 2.45) is 5.92 Å². The van der Waals surface area contributed by atoms with Crippen molar-refractivity contribution in [1.82, 2.24) is 16.2 Å². The molecular weight excluding hydrogens is 462 g/mol. The van der Waals surface area contributed by atoms with Gasteiger partial charge in [0, 0.05) is 10.9 Å². The second kappa shape index (κ2) is 9.95. The van der Waals surface area contributed by atoms with Crippen LogP contribution < -0.4 is 20.9 Å². The zero-order valence-electron chi connectivity index (χ0n) is 13.5. The van der Waals surface area contributed by atoms with Crippen LogP contribution in [0.1, 0.15) is 25.8 Å². The van der Waals surface area contributed by atoms with Crippen LogP contribution in [0.3, 0.4) is 0 Å². The van der Waals surface area contributed by atoms with Gasteiger partial charge >= 0.3 is 0 Å². The molecule has 0 bridgehead atoms. The summed E-state index contributed by atoms with van der Waals surface area (Å²) < 4.78 is 7.15. The van der Waals surface area contributed by atoms with Gasteiger partial charge in [0.1, 0.15) is 5.75 Å². The minimum absolute atomic E-state index is 0.0370. The van der Waals surface area contributed by atoms with Gasteiger partial charge in [-0.25, -0.2) is 0 Å². The van der Waals surface area contributed by atoms with Gasteiger partial charge < -0.3 is 10.1 Å². The van der Waals surface area contributed by atoms with Crippen LogP contribution in [-0.2, 0) is 9.59 Å². The number of benzene rings is 1. The van der Waals surface area contributed by atoms with Gasteiger partial charge in [-0.2, -0.15) is 0 Å². The first kappa shape index (κ1) is 20.9. The molecule has 0 saturated carbocycles. The predicted molar refractivity (Wildman–Crippen MR) is 104 cm³/mol. The van der Waals surface area contributed by atoms with E-state index in [2.05, 4.69) is 48.0 Å². The molecule has 0 saturated heterocycles. The third-order valence-electron chi connectivity index (χ3n) is 2.70. The van der Waals surface area contributed by atoms with Crippen LogP contribution in [0.2, 0.25) is 0 Å². The van der Waals surface area contributed by atoms with E-state index < -0.39 is 5.91 Å². The lowest BCUT2D eigenvalue weighted by atomic mass is 10.1. The number of hydrazine groups is 1. The summed E-state index contributed by atoms with van der Waals surface area (Å²) in [6.45, 7) is 5.53. The molecule has 0 aliphatic carbocycles. The van der Waals surface area contributed by atoms with E-state index >= 15 is 0 Å². The van der Waals surface area contributed by atoms with Crippen molar-refractivity contribution in [3.8, 4) is 5.75 Å². The van der Waals surface area contributed by atoms with Crippen LogP contribution in [0.4, 0.5) is 0 Å². The first-order valence-corrected chi connectivity index (χ1v) is 9.15. The predicted octanol–water partition coefficient (Wildman–Crippen LogP) is 2.97. The van der Waals surface area contributed by atoms with E-state index in [0.29, 0.717) is 12.2 Å². The maximum absolute atomic E-state index is 11.8. The lowest BCUT2D eigenvalue weighted by molar-refractivity contribution is -0.124. The van der Waals surface area contributed by atoms with Gasteiger partial charge in [-0.15, -0.1) is 0 Å². The summed E-state index contributed by atoms with van der Waals surface area (Å²) in [5.41, 5.74) is 5.71. The maximum Gasteiger partial charge on any atom is 0.276 e. The summed E-state index contributed by atoms with van der Waals surface area (Å²) in [5.74, 6) is 0.177. The highest BCUT2D eigenvalue weighted by Gasteiger charge is 2.11. The Morgan fingerprint density at radius 2 is 1.88 bits per heavy atom. The number of thiocarbonyl (C=S) groups is 1. The van der Waals surface area contributed by atoms with Crippen molar-refractivity contribution in [2.75, 3.05) is 6.61 Å². The molecule has 1 rings (SSSR count). The van der Waals surface area contributed by atoms with Crippen LogP contribution >= 0.6 is 44.1 Å². The number of aryl methyl sites for hydroxylation is 1. The Morgan fingerprint density at radius 1 is 1.21 bits per heavy atom. The first-order valence-electron chi connectivity index (χ1n) is 7.16. The molecule has 0 radical (unpaired) electrons. The number of rotatable bonds is 5. The molecular formula is C15H19Br2N3O3S. The number of carbonyl (C=O) groups excluding carboxylic acids is 2. The summed E-state index contributed by atoms with van der Waals surface area (Å²) in [4.78, 5) is 23.3. The lowest BCUT2D eigenvalue weighted by Gasteiger charge is -2.13. The largest absolute Gasteiger partial charge is 0.482 e. The zero-order valence-corrected chi connectivity index (χ0v) is 17.5. The van der Waals surface area contributed by atoms with Crippen LogP contribution in [-0.4, -0.2) is 23.5 Å². The third-order valence-corrected chi connectivity index (χ3v) is 3.95. The average molecular weight is 481 g/mol. The van der Waals surface area contributed by atoms with Gasteiger partial charge in [0.05, 0.1) is 4.47 Å². The van der Waals surface area contributed by atoms with Gasteiger partial charge in [0.2, 0.25) is 5.91 Å². The van der Waals surface area contributed by atoms with Gasteiger partial charge in [0.15, 0.2) is 11.7 Å². The number of hydrogen-bond acceptors (Lipinski definition) is 4. The topological polar surface area (TPSA) is 79.5 Å². The van der Waals surface area contributed by atoms with Crippen molar-refractivity contribution < 1.29 is 14.3 Å². The molecule has 1 aromatic carbocycles. The molecule has 0 heterocycles. The second-order valence-electron chi connectivity index (χ2n) is 5.47. The number of amides is 2. The van der Waals surface area contributed by atoms with E-state index in [4.69, 9.17) is 17.0 Å². The van der Waals surface area contributed by atoms with Crippen molar-refractivity contribution in [1.29, 1.82) is 0 Å². The van der Waals surface area contributed by atoms with E-state index in [1.165, 1.54) is 0 Å². The molecule has 0 fully saturated rings. The monoisotopic (exact) mass is 479 g/mol. The lowest BCUT2D eigenvalue weighted by Crippen LogP contribution is -2.49. The number of hydrogen-bond donors (Lipinski definition) is 3. The van der Waals surface area contributed by atoms with Gasteiger partial charge in [-0.05, 0) is 58.7 Å². The SMILES string of the molecule is Cc1cc(Br)cc(Br)c1OCC(=O)NNC(=S)NC(=O)CC(C)C. The van der Waals surface area contributed by atoms with E-state index in [1.807, 2.05) is 32.9 Å². The third kappa shape index (κ3) is 7.59. The van der Waals surface area contributed by atoms with Crippen LogP contribution in [0.15, 0.2) is 21.1 Å². The fourth-order valence-electron chi connectivity index (χ4n) is 1.75. The molecule has 0 aliphatic heterocycles. The minimum atomic E-state index is -0.426. The van der Waals surface area contributed by atoms with Gasteiger partial charge in [0.25, 0.3) is 5.91 Å². The number of nitrogens with one attached hydrogen (secondary N) is 3. The molecule has 0 aromatic heterocycles. The van der Waals surface area contributed by atoms with E-state index in [0.717, 1.165) is 14.5 Å². The summed E-state index contributed by atoms with van der Waals surface area (Å²) in [5, 5.41) is 2.52. The smallest absolute Gasteiger partial charge is 0.276 e. The highest BCUT2D eigenvalue weighted by atomic mass is 79.9. The molecule has 132 valence electrons. The minimum Gasteiger partial charge on any atom is -0.482 e. The molecule has 6 nitrogen and oxygen atoms in total. The number of ether oxygens (including phenoxy) is 1. The Bertz CT molecular complexity index is 615. The normalized spacial score (nSPS) is 10.2. The summed E-state index contributed by atoms with van der Waals surface area (Å²) >= 11 is 11.7. The molecule has 3 N–H and O–H groups in total. The number of carbonyl (C=O) groups is 2. The van der Waals surface area contributed by atoms with Crippen molar-refractivity contribution >= 4 is 61.0 Å². The van der Waals surface area contributed by atoms with Gasteiger partial charge in [-0.1, -0.05) is 29.8 Å². The fraction of sp³-hybridized carbons (Fsp3) is 0.400. The first-order chi connectivity index (χ1) is 11.2. The molecule has 0 unspecified atom stereocenters. The Labute approximate surface area is 163 Å². The molecule has 1 aromatic rings. The van der Waals surface area contributed by atoms with Crippen molar-refractivity contribution in [3.63, 3.8) is 0 Å². The van der Waals surface area contributed by atoms with E-state index in [-0.39, 0.29) is 23.5 Å². The van der Waals surface area contributed by atoms with Crippen molar-refractivity contribution in [2.45, 2.75) is 27.2 Å². The molecule has 24 heavy (non-hydrogen) atoms. The standard InChI is InChI=1S/C15H19Br2N3O3S/c1-8(2)4-12(21)18-15(24)20-19-13(22)7-23-14-9(3)5-10(16)6-11(14)17/h5-6,8H,4,7H2,1-3H3,(H,19,22)(H2,18,20,21,24). The molecule has 0 spiro atoms. The molecule has 0 aliphatic rings. The molecule has 2 amide bonds. The zero-order chi connectivity index (χ0) is 18.3. The van der Waals surface area contributed by atoms with Crippen LogP contribution in [0.25, 0.3) is 0 Å². The molecule has 0 atom stereocenters. The molecule has 9 heteroatoms. The Hall–Kier alpha value is -1.19. The summed E-state index contributed by atoms with van der Waals surface area (Å²) in [7, 11) is 0. The second-order valence-corrected chi connectivity index (χ2v) is 7.65. The average Bonchev–Trinajstić information content (AvgIpc) is 2.42.